The van der Waals surface area contributed by atoms with Gasteiger partial charge in [-0.3, -0.25) is 8.37 Å². The largest absolute Gasteiger partial charge is 0.353 e. The van der Waals surface area contributed by atoms with Crippen molar-refractivity contribution in [3.63, 3.8) is 0 Å². The van der Waals surface area contributed by atoms with Crippen LogP contribution in [0.15, 0.2) is 58.3 Å². The lowest BCUT2D eigenvalue weighted by molar-refractivity contribution is -0.326. The molecule has 4 rings (SSSR count). The second-order valence-corrected chi connectivity index (χ2v) is 11.2. The maximum Gasteiger partial charge on any atom is 0.297 e. The summed E-state index contributed by atoms with van der Waals surface area (Å²) in [4.78, 5) is -0.203. The van der Waals surface area contributed by atoms with E-state index in [2.05, 4.69) is 0 Å². The molecule has 2 aromatic carbocycles. The average Bonchev–Trinajstić information content (AvgIpc) is 2.80. The Morgan fingerprint density at radius 2 is 1.29 bits per heavy atom. The van der Waals surface area contributed by atoms with Gasteiger partial charge in [-0.1, -0.05) is 35.4 Å². The molecule has 0 N–H and O–H groups in total. The molecule has 2 saturated heterocycles. The van der Waals surface area contributed by atoms with E-state index >= 15 is 0 Å². The average molecular weight is 515 g/mol. The van der Waals surface area contributed by atoms with Crippen LogP contribution < -0.4 is 0 Å². The standard InChI is InChI=1S/C22H26O10S2/c1-14-4-8-16(9-5-14)33(23,24)31-20-19-18(12-28-13-29-19)30-22(27-3)21(20)32-34(25,26)17-10-6-15(2)7-11-17/h4-11,18-22H,12-13H2,1-3H3/t18-,19+,20-,21-,22+/m1/s1. The molecule has 0 unspecified atom stereocenters. The highest BCUT2D eigenvalue weighted by Crippen LogP contribution is 2.34. The minimum Gasteiger partial charge on any atom is -0.353 e. The van der Waals surface area contributed by atoms with Crippen LogP contribution in [0, 0.1) is 13.8 Å². The zero-order valence-corrected chi connectivity index (χ0v) is 20.5. The minimum atomic E-state index is -4.34. The summed E-state index contributed by atoms with van der Waals surface area (Å²) in [6.07, 6.45) is -5.92. The molecule has 2 fully saturated rings. The number of ether oxygens (including phenoxy) is 4. The lowest BCUT2D eigenvalue weighted by Gasteiger charge is -2.45. The first-order valence-corrected chi connectivity index (χ1v) is 13.3. The third-order valence-electron chi connectivity index (χ3n) is 5.54. The molecule has 2 aliphatic heterocycles. The van der Waals surface area contributed by atoms with Crippen LogP contribution in [0.25, 0.3) is 0 Å². The molecule has 0 amide bonds. The molecule has 0 bridgehead atoms. The first-order chi connectivity index (χ1) is 16.1. The highest BCUT2D eigenvalue weighted by Gasteiger charge is 2.53. The van der Waals surface area contributed by atoms with Crippen molar-refractivity contribution < 1.29 is 44.1 Å². The zero-order valence-electron chi connectivity index (χ0n) is 18.8. The van der Waals surface area contributed by atoms with Crippen LogP contribution in [-0.4, -0.2) is 68.1 Å². The van der Waals surface area contributed by atoms with E-state index < -0.39 is 50.9 Å². The molecule has 0 spiro atoms. The molecule has 0 aliphatic carbocycles. The van der Waals surface area contributed by atoms with Gasteiger partial charge in [0.05, 0.1) is 16.4 Å². The summed E-state index contributed by atoms with van der Waals surface area (Å²) in [5.74, 6) is 0. The Labute approximate surface area is 198 Å². The Kier molecular flexibility index (Phi) is 7.41. The summed E-state index contributed by atoms with van der Waals surface area (Å²) in [6, 6.07) is 12.1. The van der Waals surface area contributed by atoms with E-state index in [1.165, 1.54) is 31.4 Å². The van der Waals surface area contributed by atoms with Crippen LogP contribution in [0.3, 0.4) is 0 Å². The van der Waals surface area contributed by atoms with Crippen molar-refractivity contribution in [2.75, 3.05) is 20.5 Å². The zero-order chi connectivity index (χ0) is 24.5. The van der Waals surface area contributed by atoms with Crippen molar-refractivity contribution in [3.8, 4) is 0 Å². The van der Waals surface area contributed by atoms with E-state index in [0.29, 0.717) is 0 Å². The van der Waals surface area contributed by atoms with Gasteiger partial charge in [0.1, 0.15) is 25.1 Å². The van der Waals surface area contributed by atoms with Crippen molar-refractivity contribution in [3.05, 3.63) is 59.7 Å². The van der Waals surface area contributed by atoms with Gasteiger partial charge < -0.3 is 18.9 Å². The quantitative estimate of drug-likeness (QED) is 0.506. The van der Waals surface area contributed by atoms with E-state index in [1.807, 2.05) is 13.8 Å². The maximum absolute atomic E-state index is 13.1. The Hall–Kier alpha value is -1.90. The van der Waals surface area contributed by atoms with Crippen molar-refractivity contribution in [1.29, 1.82) is 0 Å². The smallest absolute Gasteiger partial charge is 0.297 e. The fourth-order valence-corrected chi connectivity index (χ4v) is 5.89. The molecule has 2 aromatic rings. The molecular weight excluding hydrogens is 488 g/mol. The number of hydrogen-bond donors (Lipinski definition) is 0. The van der Waals surface area contributed by atoms with Gasteiger partial charge in [0.25, 0.3) is 20.2 Å². The second-order valence-electron chi connectivity index (χ2n) is 8.05. The molecule has 2 aliphatic rings. The normalized spacial score (nSPS) is 27.8. The molecular formula is C22H26O10S2. The van der Waals surface area contributed by atoms with Gasteiger partial charge >= 0.3 is 0 Å². The van der Waals surface area contributed by atoms with Crippen LogP contribution in [0.4, 0.5) is 0 Å². The summed E-state index contributed by atoms with van der Waals surface area (Å²) in [6.45, 7) is 3.56. The molecule has 2 heterocycles. The van der Waals surface area contributed by atoms with Gasteiger partial charge in [-0.25, -0.2) is 0 Å². The van der Waals surface area contributed by atoms with Crippen LogP contribution in [0.2, 0.25) is 0 Å². The fourth-order valence-electron chi connectivity index (χ4n) is 3.72. The summed E-state index contributed by atoms with van der Waals surface area (Å²) >= 11 is 0. The Balaban J connectivity index is 1.70. The fraction of sp³-hybridized carbons (Fsp3) is 0.455. The lowest BCUT2D eigenvalue weighted by atomic mass is 9.99. The minimum absolute atomic E-state index is 0.0758. The first-order valence-electron chi connectivity index (χ1n) is 10.5. The number of aryl methyl sites for hydroxylation is 2. The van der Waals surface area contributed by atoms with Gasteiger partial charge in [-0.2, -0.15) is 16.8 Å². The van der Waals surface area contributed by atoms with E-state index in [1.54, 1.807) is 24.3 Å². The summed E-state index contributed by atoms with van der Waals surface area (Å²) < 4.78 is 85.3. The topological polar surface area (TPSA) is 124 Å². The van der Waals surface area contributed by atoms with Gasteiger partial charge in [0, 0.05) is 7.11 Å². The second kappa shape index (κ2) is 9.99. The van der Waals surface area contributed by atoms with E-state index in [0.717, 1.165) is 11.1 Å². The molecule has 12 heteroatoms. The molecule has 186 valence electrons. The van der Waals surface area contributed by atoms with E-state index in [-0.39, 0.29) is 23.2 Å². The predicted molar refractivity (Wildman–Crippen MR) is 118 cm³/mol. The molecule has 34 heavy (non-hydrogen) atoms. The van der Waals surface area contributed by atoms with Gasteiger partial charge in [-0.15, -0.1) is 0 Å². The Morgan fingerprint density at radius 1 is 0.794 bits per heavy atom. The molecule has 5 atom stereocenters. The monoisotopic (exact) mass is 514 g/mol. The summed E-state index contributed by atoms with van der Waals surface area (Å²) in [7, 11) is -7.37. The summed E-state index contributed by atoms with van der Waals surface area (Å²) in [5.41, 5.74) is 1.72. The van der Waals surface area contributed by atoms with Gasteiger partial charge in [0.2, 0.25) is 0 Å². The van der Waals surface area contributed by atoms with E-state index in [4.69, 9.17) is 27.3 Å². The van der Waals surface area contributed by atoms with Crippen molar-refractivity contribution in [2.45, 2.75) is 54.3 Å². The highest BCUT2D eigenvalue weighted by atomic mass is 32.2. The first kappa shape index (κ1) is 25.2. The Morgan fingerprint density at radius 3 is 1.79 bits per heavy atom. The number of hydrogen-bond acceptors (Lipinski definition) is 10. The molecule has 0 saturated carbocycles. The van der Waals surface area contributed by atoms with Crippen LogP contribution in [-0.2, 0) is 47.5 Å². The predicted octanol–water partition coefficient (Wildman–Crippen LogP) is 1.90. The lowest BCUT2D eigenvalue weighted by Crippen LogP contribution is -2.63. The number of rotatable bonds is 7. The number of benzene rings is 2. The van der Waals surface area contributed by atoms with Gasteiger partial charge in [-0.05, 0) is 38.1 Å². The third kappa shape index (κ3) is 5.34. The third-order valence-corrected chi connectivity index (χ3v) is 8.19. The van der Waals surface area contributed by atoms with Crippen LogP contribution in [0.1, 0.15) is 11.1 Å². The van der Waals surface area contributed by atoms with Crippen molar-refractivity contribution in [1.82, 2.24) is 0 Å². The highest BCUT2D eigenvalue weighted by molar-refractivity contribution is 7.87. The molecule has 0 radical (unpaired) electrons. The van der Waals surface area contributed by atoms with Crippen molar-refractivity contribution >= 4 is 20.2 Å². The number of methoxy groups -OCH3 is 1. The Bertz CT molecular complexity index is 1190. The van der Waals surface area contributed by atoms with Crippen LogP contribution >= 0.6 is 0 Å². The van der Waals surface area contributed by atoms with Crippen molar-refractivity contribution in [2.24, 2.45) is 0 Å². The number of fused-ring (bicyclic) bond motifs is 1. The van der Waals surface area contributed by atoms with E-state index in [9.17, 15) is 16.8 Å². The summed E-state index contributed by atoms with van der Waals surface area (Å²) in [5, 5.41) is 0. The molecule has 0 aromatic heterocycles. The van der Waals surface area contributed by atoms with Gasteiger partial charge in [0.15, 0.2) is 12.4 Å². The maximum atomic E-state index is 13.1. The SMILES string of the molecule is CO[C@H]1O[C@@H]2COCO[C@@H]2[C@@H](OS(=O)(=O)c2ccc(C)cc2)[C@H]1OS(=O)(=O)c1ccc(C)cc1. The van der Waals surface area contributed by atoms with Crippen LogP contribution in [0.5, 0.6) is 0 Å². The molecule has 10 nitrogen and oxygen atoms in total.